The molecule has 3 aromatic rings. The average molecular weight is 493 g/mol. The fraction of sp³-hybridized carbons (Fsp3) is 0.0800. The number of aliphatic carboxylic acids is 1. The number of hydrogen-bond acceptors (Lipinski definition) is 3. The molecule has 0 saturated heterocycles. The monoisotopic (exact) mass is 492 g/mol. The number of amides is 2. The second kappa shape index (κ2) is 11.1. The highest BCUT2D eigenvalue weighted by molar-refractivity contribution is 9.10. The van der Waals surface area contributed by atoms with E-state index in [1.54, 1.807) is 72.8 Å². The van der Waals surface area contributed by atoms with Crippen molar-refractivity contribution in [2.24, 2.45) is 0 Å². The number of carboxylic acid groups (broad SMARTS) is 1. The molecular formula is C25H21BrN2O4. The third kappa shape index (κ3) is 6.65. The van der Waals surface area contributed by atoms with E-state index in [1.165, 1.54) is 6.08 Å². The number of rotatable bonds is 8. The molecule has 3 rings (SSSR count). The van der Waals surface area contributed by atoms with Crippen molar-refractivity contribution in [1.82, 2.24) is 10.6 Å². The molecule has 0 aliphatic carbocycles. The van der Waals surface area contributed by atoms with Crippen LogP contribution >= 0.6 is 15.9 Å². The highest BCUT2D eigenvalue weighted by Crippen LogP contribution is 2.15. The Labute approximate surface area is 194 Å². The van der Waals surface area contributed by atoms with Crippen LogP contribution in [0.3, 0.4) is 0 Å². The van der Waals surface area contributed by atoms with Crippen molar-refractivity contribution in [2.45, 2.75) is 12.5 Å². The van der Waals surface area contributed by atoms with Gasteiger partial charge in [-0.05, 0) is 41.5 Å². The minimum absolute atomic E-state index is 0.0590. The Hall–Kier alpha value is -3.71. The lowest BCUT2D eigenvalue weighted by Crippen LogP contribution is -2.45. The third-order valence-corrected chi connectivity index (χ3v) is 5.07. The van der Waals surface area contributed by atoms with Crippen LogP contribution in [0.1, 0.15) is 21.5 Å². The van der Waals surface area contributed by atoms with Crippen LogP contribution in [-0.4, -0.2) is 28.9 Å². The molecule has 0 heterocycles. The number of halogens is 1. The van der Waals surface area contributed by atoms with Gasteiger partial charge in [-0.3, -0.25) is 9.59 Å². The highest BCUT2D eigenvalue weighted by Gasteiger charge is 2.23. The number of hydrogen-bond donors (Lipinski definition) is 3. The first-order valence-electron chi connectivity index (χ1n) is 9.83. The van der Waals surface area contributed by atoms with Gasteiger partial charge in [0.1, 0.15) is 11.7 Å². The Morgan fingerprint density at radius 1 is 0.906 bits per heavy atom. The van der Waals surface area contributed by atoms with Gasteiger partial charge in [0, 0.05) is 16.5 Å². The van der Waals surface area contributed by atoms with E-state index in [-0.39, 0.29) is 12.1 Å². The van der Waals surface area contributed by atoms with Gasteiger partial charge in [-0.1, -0.05) is 76.6 Å². The van der Waals surface area contributed by atoms with Crippen LogP contribution in [0.5, 0.6) is 0 Å². The molecule has 0 bridgehead atoms. The fourth-order valence-corrected chi connectivity index (χ4v) is 3.41. The predicted octanol–water partition coefficient (Wildman–Crippen LogP) is 4.03. The second-order valence-corrected chi connectivity index (χ2v) is 7.90. The topological polar surface area (TPSA) is 95.5 Å². The third-order valence-electron chi connectivity index (χ3n) is 4.57. The van der Waals surface area contributed by atoms with Gasteiger partial charge in [0.25, 0.3) is 11.8 Å². The van der Waals surface area contributed by atoms with Crippen LogP contribution in [0.15, 0.2) is 95.1 Å². The lowest BCUT2D eigenvalue weighted by molar-refractivity contribution is -0.141. The van der Waals surface area contributed by atoms with Crippen LogP contribution in [0, 0.1) is 0 Å². The number of carboxylic acids is 1. The van der Waals surface area contributed by atoms with E-state index in [1.807, 2.05) is 12.1 Å². The maximum atomic E-state index is 13.0. The summed E-state index contributed by atoms with van der Waals surface area (Å²) in [6.07, 6.45) is 1.61. The number of carbonyl (C=O) groups excluding carboxylic acids is 2. The van der Waals surface area contributed by atoms with E-state index < -0.39 is 23.8 Å². The molecule has 0 radical (unpaired) electrons. The Bertz CT molecular complexity index is 1130. The summed E-state index contributed by atoms with van der Waals surface area (Å²) in [6, 6.07) is 23.5. The molecule has 0 saturated carbocycles. The van der Waals surface area contributed by atoms with E-state index in [0.717, 1.165) is 10.0 Å². The summed E-state index contributed by atoms with van der Waals surface area (Å²) >= 11 is 3.38. The minimum Gasteiger partial charge on any atom is -0.480 e. The van der Waals surface area contributed by atoms with E-state index in [9.17, 15) is 19.5 Å². The van der Waals surface area contributed by atoms with Gasteiger partial charge in [0.05, 0.1) is 0 Å². The maximum absolute atomic E-state index is 13.0. The molecule has 0 spiro atoms. The Balaban J connectivity index is 1.86. The molecule has 6 nitrogen and oxygen atoms in total. The standard InChI is InChI=1S/C25H21BrN2O4/c26-20-13-7-10-18(14-20)16-21(27-23(29)19-11-5-2-6-12-19)24(30)28-22(25(31)32)15-17-8-3-1-4-9-17/h1-14,16,22H,15H2,(H,27,29)(H,28,30)(H,31,32)/b21-16+/t22-/m0/s1. The first kappa shape index (κ1) is 23.0. The zero-order chi connectivity index (χ0) is 22.9. The van der Waals surface area contributed by atoms with Gasteiger partial charge in [-0.25, -0.2) is 4.79 Å². The largest absolute Gasteiger partial charge is 0.480 e. The van der Waals surface area contributed by atoms with E-state index >= 15 is 0 Å². The maximum Gasteiger partial charge on any atom is 0.326 e. The first-order valence-corrected chi connectivity index (χ1v) is 10.6. The van der Waals surface area contributed by atoms with Crippen LogP contribution in [0.4, 0.5) is 0 Å². The minimum atomic E-state index is -1.17. The van der Waals surface area contributed by atoms with Gasteiger partial charge in [0.15, 0.2) is 0 Å². The molecule has 162 valence electrons. The van der Waals surface area contributed by atoms with Crippen molar-refractivity contribution in [3.8, 4) is 0 Å². The molecule has 0 aliphatic heterocycles. The van der Waals surface area contributed by atoms with E-state index in [2.05, 4.69) is 26.6 Å². The van der Waals surface area contributed by atoms with Crippen LogP contribution in [0.25, 0.3) is 6.08 Å². The van der Waals surface area contributed by atoms with E-state index in [0.29, 0.717) is 11.1 Å². The first-order chi connectivity index (χ1) is 15.4. The molecule has 3 N–H and O–H groups in total. The lowest BCUT2D eigenvalue weighted by atomic mass is 10.1. The Kier molecular flexibility index (Phi) is 7.94. The van der Waals surface area contributed by atoms with Gasteiger partial charge in [-0.15, -0.1) is 0 Å². The predicted molar refractivity (Wildman–Crippen MR) is 126 cm³/mol. The number of nitrogens with one attached hydrogen (secondary N) is 2. The Morgan fingerprint density at radius 2 is 1.56 bits per heavy atom. The van der Waals surface area contributed by atoms with Crippen molar-refractivity contribution in [2.75, 3.05) is 0 Å². The van der Waals surface area contributed by atoms with Gasteiger partial charge in [-0.2, -0.15) is 0 Å². The molecule has 3 aromatic carbocycles. The fourth-order valence-electron chi connectivity index (χ4n) is 2.99. The van der Waals surface area contributed by atoms with Gasteiger partial charge < -0.3 is 15.7 Å². The normalized spacial score (nSPS) is 12.0. The molecule has 7 heteroatoms. The van der Waals surface area contributed by atoms with Crippen LogP contribution < -0.4 is 10.6 Å². The molecule has 0 unspecified atom stereocenters. The van der Waals surface area contributed by atoms with Crippen molar-refractivity contribution >= 4 is 39.8 Å². The molecule has 0 aromatic heterocycles. The van der Waals surface area contributed by atoms with Crippen molar-refractivity contribution in [3.05, 3.63) is 112 Å². The average Bonchev–Trinajstić information content (AvgIpc) is 2.79. The quantitative estimate of drug-likeness (QED) is 0.413. The number of benzene rings is 3. The molecule has 0 fully saturated rings. The summed E-state index contributed by atoms with van der Waals surface area (Å²) in [4.78, 5) is 37.5. The summed E-state index contributed by atoms with van der Waals surface area (Å²) in [5.41, 5.74) is 1.75. The summed E-state index contributed by atoms with van der Waals surface area (Å²) in [6.45, 7) is 0. The molecule has 0 aliphatic rings. The van der Waals surface area contributed by atoms with Crippen molar-refractivity contribution in [3.63, 3.8) is 0 Å². The Morgan fingerprint density at radius 3 is 2.19 bits per heavy atom. The molecular weight excluding hydrogens is 472 g/mol. The zero-order valence-corrected chi connectivity index (χ0v) is 18.6. The summed E-state index contributed by atoms with van der Waals surface area (Å²) in [5.74, 6) is -2.34. The molecule has 1 atom stereocenters. The highest BCUT2D eigenvalue weighted by atomic mass is 79.9. The van der Waals surface area contributed by atoms with Crippen molar-refractivity contribution in [1.29, 1.82) is 0 Å². The number of carbonyl (C=O) groups is 3. The molecule has 2 amide bonds. The second-order valence-electron chi connectivity index (χ2n) is 6.99. The summed E-state index contributed by atoms with van der Waals surface area (Å²) in [7, 11) is 0. The van der Waals surface area contributed by atoms with Crippen LogP contribution in [0.2, 0.25) is 0 Å². The summed E-state index contributed by atoms with van der Waals surface area (Å²) < 4.78 is 0.799. The zero-order valence-electron chi connectivity index (χ0n) is 17.0. The van der Waals surface area contributed by atoms with Gasteiger partial charge >= 0.3 is 5.97 Å². The van der Waals surface area contributed by atoms with Crippen LogP contribution in [-0.2, 0) is 16.0 Å². The van der Waals surface area contributed by atoms with E-state index in [4.69, 9.17) is 0 Å². The molecule has 32 heavy (non-hydrogen) atoms. The smallest absolute Gasteiger partial charge is 0.326 e. The lowest BCUT2D eigenvalue weighted by Gasteiger charge is -2.17. The van der Waals surface area contributed by atoms with Crippen molar-refractivity contribution < 1.29 is 19.5 Å². The summed E-state index contributed by atoms with van der Waals surface area (Å²) in [5, 5.41) is 14.8. The van der Waals surface area contributed by atoms with Gasteiger partial charge in [0.2, 0.25) is 0 Å². The SMILES string of the molecule is O=C(N[C@@H](Cc1ccccc1)C(=O)O)/C(=C\c1cccc(Br)c1)NC(=O)c1ccccc1.